The van der Waals surface area contributed by atoms with Crippen LogP contribution in [-0.2, 0) is 15.3 Å². The number of carbonyl (C=O) groups is 1. The van der Waals surface area contributed by atoms with Gasteiger partial charge >= 0.3 is 5.97 Å². The summed E-state index contributed by atoms with van der Waals surface area (Å²) in [4.78, 5) is 11.9. The molecular weight excluding hydrogens is 344 g/mol. The summed E-state index contributed by atoms with van der Waals surface area (Å²) in [5, 5.41) is 25.2. The van der Waals surface area contributed by atoms with E-state index in [0.29, 0.717) is 11.3 Å². The molecular formula is C17H17ClN4O3. The summed E-state index contributed by atoms with van der Waals surface area (Å²) in [5.41, 5.74) is -0.773. The predicted molar refractivity (Wildman–Crippen MR) is 93.1 cm³/mol. The summed E-state index contributed by atoms with van der Waals surface area (Å²) in [6, 6.07) is 12.0. The normalized spacial score (nSPS) is 22.6. The molecule has 1 aliphatic heterocycles. The maximum absolute atomic E-state index is 11.9. The van der Waals surface area contributed by atoms with Gasteiger partial charge in [0.1, 0.15) is 0 Å². The standard InChI is InChI=1S/C17H17ClN4O3/c1-3-15(23)25-16-11(2)21-22(14-10-9-13(18)19-20-14)17(16,24)12-7-5-4-6-8-12/h4-10,16,24H,3H2,1-2H3. The number of aliphatic hydroxyl groups is 1. The maximum Gasteiger partial charge on any atom is 0.306 e. The minimum absolute atomic E-state index is 0.190. The Bertz CT molecular complexity index is 797. The fourth-order valence-electron chi connectivity index (χ4n) is 2.68. The smallest absolute Gasteiger partial charge is 0.306 e. The first-order valence-corrected chi connectivity index (χ1v) is 8.16. The van der Waals surface area contributed by atoms with Crippen LogP contribution >= 0.6 is 11.6 Å². The zero-order valence-corrected chi connectivity index (χ0v) is 14.5. The molecule has 1 aliphatic rings. The number of hydrazone groups is 1. The number of aromatic nitrogens is 2. The van der Waals surface area contributed by atoms with Crippen molar-refractivity contribution in [2.45, 2.75) is 32.1 Å². The van der Waals surface area contributed by atoms with Gasteiger partial charge in [0.05, 0.1) is 5.71 Å². The molecule has 0 aliphatic carbocycles. The molecule has 1 N–H and O–H groups in total. The molecule has 0 bridgehead atoms. The highest BCUT2D eigenvalue weighted by Crippen LogP contribution is 2.40. The Labute approximate surface area is 149 Å². The molecule has 7 nitrogen and oxygen atoms in total. The van der Waals surface area contributed by atoms with Crippen molar-refractivity contribution in [2.24, 2.45) is 5.10 Å². The summed E-state index contributed by atoms with van der Waals surface area (Å²) >= 11 is 5.79. The van der Waals surface area contributed by atoms with Crippen LogP contribution in [0.25, 0.3) is 0 Å². The third-order valence-electron chi connectivity index (χ3n) is 3.90. The van der Waals surface area contributed by atoms with Crippen molar-refractivity contribution >= 4 is 29.1 Å². The highest BCUT2D eigenvalue weighted by molar-refractivity contribution is 6.29. The van der Waals surface area contributed by atoms with Crippen LogP contribution in [0.5, 0.6) is 0 Å². The number of anilines is 1. The lowest BCUT2D eigenvalue weighted by Crippen LogP contribution is -2.51. The fourth-order valence-corrected chi connectivity index (χ4v) is 2.78. The highest BCUT2D eigenvalue weighted by atomic mass is 35.5. The summed E-state index contributed by atoms with van der Waals surface area (Å²) in [6.45, 7) is 3.37. The Morgan fingerprint density at radius 1 is 1.28 bits per heavy atom. The van der Waals surface area contributed by atoms with Crippen LogP contribution in [0, 0.1) is 0 Å². The quantitative estimate of drug-likeness (QED) is 0.843. The third-order valence-corrected chi connectivity index (χ3v) is 4.10. The lowest BCUT2D eigenvalue weighted by molar-refractivity contribution is -0.156. The molecule has 2 aromatic rings. The number of esters is 1. The number of ether oxygens (including phenoxy) is 1. The lowest BCUT2D eigenvalue weighted by atomic mass is 9.94. The van der Waals surface area contributed by atoms with Gasteiger partial charge in [0.25, 0.3) is 0 Å². The fraction of sp³-hybridized carbons (Fsp3) is 0.294. The Balaban J connectivity index is 2.10. The summed E-state index contributed by atoms with van der Waals surface area (Å²) in [5.74, 6) is -0.150. The molecule has 130 valence electrons. The van der Waals surface area contributed by atoms with E-state index in [-0.39, 0.29) is 17.4 Å². The molecule has 0 radical (unpaired) electrons. The van der Waals surface area contributed by atoms with Gasteiger partial charge in [-0.25, -0.2) is 5.01 Å². The Morgan fingerprint density at radius 3 is 2.60 bits per heavy atom. The van der Waals surface area contributed by atoms with Crippen LogP contribution in [-0.4, -0.2) is 33.1 Å². The number of halogens is 1. The molecule has 25 heavy (non-hydrogen) atoms. The van der Waals surface area contributed by atoms with Gasteiger partial charge in [-0.2, -0.15) is 5.10 Å². The van der Waals surface area contributed by atoms with Crippen molar-refractivity contribution in [3.05, 3.63) is 53.2 Å². The van der Waals surface area contributed by atoms with Crippen LogP contribution in [0.3, 0.4) is 0 Å². The van der Waals surface area contributed by atoms with Crippen molar-refractivity contribution in [1.82, 2.24) is 10.2 Å². The molecule has 0 saturated heterocycles. The number of hydrogen-bond donors (Lipinski definition) is 1. The Hall–Kier alpha value is -2.51. The molecule has 0 saturated carbocycles. The van der Waals surface area contributed by atoms with E-state index in [2.05, 4.69) is 15.3 Å². The molecule has 0 amide bonds. The molecule has 2 heterocycles. The number of hydrogen-bond acceptors (Lipinski definition) is 7. The first-order chi connectivity index (χ1) is 12.0. The van der Waals surface area contributed by atoms with Crippen molar-refractivity contribution in [3.8, 4) is 0 Å². The average molecular weight is 361 g/mol. The highest BCUT2D eigenvalue weighted by Gasteiger charge is 2.53. The number of benzene rings is 1. The zero-order valence-electron chi connectivity index (χ0n) is 13.8. The van der Waals surface area contributed by atoms with Crippen LogP contribution < -0.4 is 5.01 Å². The zero-order chi connectivity index (χ0) is 18.0. The van der Waals surface area contributed by atoms with Crippen LogP contribution in [0.1, 0.15) is 25.8 Å². The predicted octanol–water partition coefficient (Wildman–Crippen LogP) is 2.49. The van der Waals surface area contributed by atoms with E-state index in [1.807, 2.05) is 6.07 Å². The first-order valence-electron chi connectivity index (χ1n) is 7.78. The molecule has 2 atom stereocenters. The SMILES string of the molecule is CCC(=O)OC1C(C)=NN(c2ccc(Cl)nn2)C1(O)c1ccccc1. The van der Waals surface area contributed by atoms with Gasteiger partial charge in [-0.3, -0.25) is 4.79 Å². The monoisotopic (exact) mass is 360 g/mol. The second-order valence-electron chi connectivity index (χ2n) is 5.58. The molecule has 1 aromatic carbocycles. The van der Waals surface area contributed by atoms with E-state index in [1.54, 1.807) is 50.2 Å². The average Bonchev–Trinajstić information content (AvgIpc) is 2.89. The molecule has 8 heteroatoms. The minimum Gasteiger partial charge on any atom is -0.450 e. The number of rotatable bonds is 4. The molecule has 1 aromatic heterocycles. The summed E-state index contributed by atoms with van der Waals surface area (Å²) in [6.07, 6.45) is -0.783. The summed E-state index contributed by atoms with van der Waals surface area (Å²) < 4.78 is 5.48. The van der Waals surface area contributed by atoms with Crippen molar-refractivity contribution in [3.63, 3.8) is 0 Å². The van der Waals surface area contributed by atoms with Gasteiger partial charge in [-0.1, -0.05) is 48.9 Å². The van der Waals surface area contributed by atoms with E-state index >= 15 is 0 Å². The van der Waals surface area contributed by atoms with Gasteiger partial charge in [0.2, 0.25) is 5.72 Å². The third kappa shape index (κ3) is 3.08. The van der Waals surface area contributed by atoms with E-state index in [4.69, 9.17) is 16.3 Å². The largest absolute Gasteiger partial charge is 0.450 e. The lowest BCUT2D eigenvalue weighted by Gasteiger charge is -2.35. The maximum atomic E-state index is 11.9. The first kappa shape index (κ1) is 17.3. The Kier molecular flexibility index (Phi) is 4.69. The van der Waals surface area contributed by atoms with Crippen molar-refractivity contribution in [1.29, 1.82) is 0 Å². The van der Waals surface area contributed by atoms with Gasteiger partial charge in [-0.15, -0.1) is 10.2 Å². The Morgan fingerprint density at radius 2 is 2.00 bits per heavy atom. The van der Waals surface area contributed by atoms with Gasteiger partial charge in [0.15, 0.2) is 17.1 Å². The van der Waals surface area contributed by atoms with Gasteiger partial charge in [-0.05, 0) is 19.1 Å². The van der Waals surface area contributed by atoms with Gasteiger partial charge < -0.3 is 9.84 Å². The van der Waals surface area contributed by atoms with Crippen molar-refractivity contribution < 1.29 is 14.6 Å². The van der Waals surface area contributed by atoms with Crippen LogP contribution in [0.15, 0.2) is 47.6 Å². The topological polar surface area (TPSA) is 87.9 Å². The minimum atomic E-state index is -1.74. The number of nitrogens with zero attached hydrogens (tertiary/aromatic N) is 4. The van der Waals surface area contributed by atoms with Crippen LogP contribution in [0.2, 0.25) is 5.15 Å². The van der Waals surface area contributed by atoms with E-state index < -0.39 is 17.8 Å². The molecule has 3 rings (SSSR count). The van der Waals surface area contributed by atoms with E-state index in [9.17, 15) is 9.90 Å². The second-order valence-corrected chi connectivity index (χ2v) is 5.97. The summed E-state index contributed by atoms with van der Waals surface area (Å²) in [7, 11) is 0. The van der Waals surface area contributed by atoms with E-state index in [1.165, 1.54) is 5.01 Å². The van der Waals surface area contributed by atoms with Crippen molar-refractivity contribution in [2.75, 3.05) is 5.01 Å². The van der Waals surface area contributed by atoms with Crippen LogP contribution in [0.4, 0.5) is 5.82 Å². The second kappa shape index (κ2) is 6.78. The molecule has 0 spiro atoms. The molecule has 0 fully saturated rings. The number of carbonyl (C=O) groups excluding carboxylic acids is 1. The van der Waals surface area contributed by atoms with Gasteiger partial charge in [0, 0.05) is 12.0 Å². The molecule has 2 unspecified atom stereocenters. The van der Waals surface area contributed by atoms with E-state index in [0.717, 1.165) is 0 Å².